The molecule has 0 aromatic heterocycles. The molecule has 0 aliphatic heterocycles. The van der Waals surface area contributed by atoms with Crippen molar-refractivity contribution in [1.82, 2.24) is 0 Å². The van der Waals surface area contributed by atoms with Gasteiger partial charge in [0.2, 0.25) is 0 Å². The molecule has 3 unspecified atom stereocenters. The number of rotatable bonds is 3. The lowest BCUT2D eigenvalue weighted by Gasteiger charge is -2.31. The van der Waals surface area contributed by atoms with Crippen molar-refractivity contribution in [3.63, 3.8) is 0 Å². The van der Waals surface area contributed by atoms with Gasteiger partial charge >= 0.3 is 0 Å². The molecule has 0 spiro atoms. The second-order valence-corrected chi connectivity index (χ2v) is 6.49. The van der Waals surface area contributed by atoms with Crippen molar-refractivity contribution in [3.8, 4) is 0 Å². The molecule has 1 aromatic carbocycles. The van der Waals surface area contributed by atoms with Crippen molar-refractivity contribution in [2.24, 2.45) is 17.6 Å². The summed E-state index contributed by atoms with van der Waals surface area (Å²) in [5.41, 5.74) is 7.45. The first-order valence-corrected chi connectivity index (χ1v) is 7.55. The minimum atomic E-state index is -0.203. The number of halogens is 2. The lowest BCUT2D eigenvalue weighted by molar-refractivity contribution is 0.245. The standard InChI is InChI=1S/C15H21BrFN/c1-10-3-2-4-12(7-10)15(18)8-11-5-6-13(17)9-14(11)16/h5-6,9-10,12,15H,2-4,7-8,18H2,1H3. The van der Waals surface area contributed by atoms with Gasteiger partial charge in [-0.1, -0.05) is 41.8 Å². The molecule has 1 fully saturated rings. The molecule has 1 nitrogen and oxygen atoms in total. The average Bonchev–Trinajstić information content (AvgIpc) is 2.32. The topological polar surface area (TPSA) is 26.0 Å². The summed E-state index contributed by atoms with van der Waals surface area (Å²) in [5.74, 6) is 1.21. The third kappa shape index (κ3) is 3.55. The van der Waals surface area contributed by atoms with E-state index in [2.05, 4.69) is 22.9 Å². The molecule has 0 heterocycles. The molecule has 1 aliphatic carbocycles. The Bertz CT molecular complexity index is 407. The Hall–Kier alpha value is -0.410. The van der Waals surface area contributed by atoms with Gasteiger partial charge in [-0.3, -0.25) is 0 Å². The third-order valence-electron chi connectivity index (χ3n) is 4.05. The monoisotopic (exact) mass is 313 g/mol. The van der Waals surface area contributed by atoms with Gasteiger partial charge in [0.1, 0.15) is 5.82 Å². The first-order valence-electron chi connectivity index (χ1n) is 6.75. The highest BCUT2D eigenvalue weighted by Crippen LogP contribution is 2.32. The van der Waals surface area contributed by atoms with Gasteiger partial charge < -0.3 is 5.73 Å². The average molecular weight is 314 g/mol. The summed E-state index contributed by atoms with van der Waals surface area (Å²) < 4.78 is 13.9. The molecule has 0 amide bonds. The summed E-state index contributed by atoms with van der Waals surface area (Å²) in [6.07, 6.45) is 5.94. The molecule has 3 atom stereocenters. The Kier molecular flexibility index (Phi) is 4.79. The van der Waals surface area contributed by atoms with E-state index in [0.29, 0.717) is 5.92 Å². The van der Waals surface area contributed by atoms with Crippen LogP contribution in [-0.4, -0.2) is 6.04 Å². The van der Waals surface area contributed by atoms with Crippen LogP contribution in [0.4, 0.5) is 4.39 Å². The Morgan fingerprint density at radius 1 is 1.44 bits per heavy atom. The molecular formula is C15H21BrFN. The lowest BCUT2D eigenvalue weighted by atomic mass is 9.77. The van der Waals surface area contributed by atoms with Gasteiger partial charge in [0.15, 0.2) is 0 Å². The SMILES string of the molecule is CC1CCCC(C(N)Cc2ccc(F)cc2Br)C1. The molecule has 1 saturated carbocycles. The summed E-state index contributed by atoms with van der Waals surface area (Å²) in [6.45, 7) is 2.31. The van der Waals surface area contributed by atoms with E-state index in [9.17, 15) is 4.39 Å². The first-order chi connectivity index (χ1) is 8.56. The molecule has 100 valence electrons. The molecule has 18 heavy (non-hydrogen) atoms. The van der Waals surface area contributed by atoms with E-state index >= 15 is 0 Å². The number of hydrogen-bond donors (Lipinski definition) is 1. The van der Waals surface area contributed by atoms with Crippen LogP contribution in [0.15, 0.2) is 22.7 Å². The fourth-order valence-corrected chi connectivity index (χ4v) is 3.49. The van der Waals surface area contributed by atoms with Crippen LogP contribution in [0.25, 0.3) is 0 Å². The highest BCUT2D eigenvalue weighted by molar-refractivity contribution is 9.10. The van der Waals surface area contributed by atoms with Gasteiger partial charge in [0.25, 0.3) is 0 Å². The second kappa shape index (κ2) is 6.16. The smallest absolute Gasteiger partial charge is 0.124 e. The van der Waals surface area contributed by atoms with Crippen LogP contribution in [0.2, 0.25) is 0 Å². The molecule has 0 radical (unpaired) electrons. The zero-order valence-electron chi connectivity index (χ0n) is 10.8. The van der Waals surface area contributed by atoms with Crippen molar-refractivity contribution in [1.29, 1.82) is 0 Å². The predicted molar refractivity (Wildman–Crippen MR) is 76.9 cm³/mol. The maximum atomic E-state index is 13.0. The lowest BCUT2D eigenvalue weighted by Crippen LogP contribution is -2.35. The van der Waals surface area contributed by atoms with Gasteiger partial charge in [-0.05, 0) is 48.8 Å². The molecule has 1 aromatic rings. The van der Waals surface area contributed by atoms with E-state index < -0.39 is 0 Å². The maximum absolute atomic E-state index is 13.0. The van der Waals surface area contributed by atoms with Crippen LogP contribution < -0.4 is 5.73 Å². The summed E-state index contributed by atoms with van der Waals surface area (Å²) in [6, 6.07) is 5.06. The molecular weight excluding hydrogens is 293 g/mol. The van der Waals surface area contributed by atoms with E-state index in [1.165, 1.54) is 37.8 Å². The molecule has 2 N–H and O–H groups in total. The van der Waals surface area contributed by atoms with E-state index in [1.54, 1.807) is 0 Å². The Labute approximate surface area is 117 Å². The molecule has 0 saturated heterocycles. The quantitative estimate of drug-likeness (QED) is 0.885. The highest BCUT2D eigenvalue weighted by Gasteiger charge is 2.24. The fourth-order valence-electron chi connectivity index (χ4n) is 2.98. The van der Waals surface area contributed by atoms with Crippen LogP contribution in [0.3, 0.4) is 0 Å². The Morgan fingerprint density at radius 3 is 2.89 bits per heavy atom. The number of nitrogens with two attached hydrogens (primary N) is 1. The van der Waals surface area contributed by atoms with Gasteiger partial charge in [-0.15, -0.1) is 0 Å². The van der Waals surface area contributed by atoms with Gasteiger partial charge in [-0.2, -0.15) is 0 Å². The van der Waals surface area contributed by atoms with Crippen LogP contribution >= 0.6 is 15.9 Å². The van der Waals surface area contributed by atoms with Crippen molar-refractivity contribution in [3.05, 3.63) is 34.1 Å². The van der Waals surface area contributed by atoms with Crippen molar-refractivity contribution >= 4 is 15.9 Å². The van der Waals surface area contributed by atoms with Gasteiger partial charge in [-0.25, -0.2) is 4.39 Å². The van der Waals surface area contributed by atoms with Gasteiger partial charge in [0, 0.05) is 10.5 Å². The van der Waals surface area contributed by atoms with E-state index in [0.717, 1.165) is 22.4 Å². The normalized spacial score (nSPS) is 26.0. The largest absolute Gasteiger partial charge is 0.327 e. The van der Waals surface area contributed by atoms with Crippen molar-refractivity contribution in [2.75, 3.05) is 0 Å². The zero-order valence-corrected chi connectivity index (χ0v) is 12.4. The Morgan fingerprint density at radius 2 is 2.22 bits per heavy atom. The predicted octanol–water partition coefficient (Wildman–Crippen LogP) is 4.28. The van der Waals surface area contributed by atoms with Crippen LogP contribution in [0.5, 0.6) is 0 Å². The minimum Gasteiger partial charge on any atom is -0.327 e. The van der Waals surface area contributed by atoms with Gasteiger partial charge in [0.05, 0.1) is 0 Å². The summed E-state index contributed by atoms with van der Waals surface area (Å²) in [4.78, 5) is 0. The molecule has 1 aliphatic rings. The molecule has 2 rings (SSSR count). The highest BCUT2D eigenvalue weighted by atomic mass is 79.9. The number of benzene rings is 1. The molecule has 0 bridgehead atoms. The number of hydrogen-bond acceptors (Lipinski definition) is 1. The summed E-state index contributed by atoms with van der Waals surface area (Å²) in [5, 5.41) is 0. The van der Waals surface area contributed by atoms with E-state index in [1.807, 2.05) is 6.07 Å². The fraction of sp³-hybridized carbons (Fsp3) is 0.600. The summed E-state index contributed by atoms with van der Waals surface area (Å²) in [7, 11) is 0. The first kappa shape index (κ1) is 14.0. The molecule has 3 heteroatoms. The van der Waals surface area contributed by atoms with Crippen LogP contribution in [0.1, 0.15) is 38.2 Å². The minimum absolute atomic E-state index is 0.189. The van der Waals surface area contributed by atoms with Crippen molar-refractivity contribution in [2.45, 2.75) is 45.1 Å². The second-order valence-electron chi connectivity index (χ2n) is 5.64. The van der Waals surface area contributed by atoms with Crippen molar-refractivity contribution < 1.29 is 4.39 Å². The van der Waals surface area contributed by atoms with Crippen LogP contribution in [0, 0.1) is 17.7 Å². The zero-order chi connectivity index (χ0) is 13.1. The van der Waals surface area contributed by atoms with E-state index in [-0.39, 0.29) is 11.9 Å². The maximum Gasteiger partial charge on any atom is 0.124 e. The third-order valence-corrected chi connectivity index (χ3v) is 4.79. The van der Waals surface area contributed by atoms with Crippen LogP contribution in [-0.2, 0) is 6.42 Å². The van der Waals surface area contributed by atoms with E-state index in [4.69, 9.17) is 5.73 Å². The Balaban J connectivity index is 1.99. The summed E-state index contributed by atoms with van der Waals surface area (Å²) >= 11 is 3.42.